The van der Waals surface area contributed by atoms with Crippen LogP contribution in [0.1, 0.15) is 10.4 Å². The van der Waals surface area contributed by atoms with Crippen LogP contribution in [0.15, 0.2) is 24.3 Å². The van der Waals surface area contributed by atoms with Crippen molar-refractivity contribution < 1.29 is 22.7 Å². The summed E-state index contributed by atoms with van der Waals surface area (Å²) >= 11 is 0. The second-order valence-electron chi connectivity index (χ2n) is 3.71. The Morgan fingerprint density at radius 3 is 2.26 bits per heavy atom. The summed E-state index contributed by atoms with van der Waals surface area (Å²) in [4.78, 5) is 22.4. The van der Waals surface area contributed by atoms with Gasteiger partial charge in [0, 0.05) is 11.3 Å². The number of esters is 1. The summed E-state index contributed by atoms with van der Waals surface area (Å²) in [5.41, 5.74) is 0.662. The Labute approximate surface area is 111 Å². The molecule has 0 unspecified atom stereocenters. The van der Waals surface area contributed by atoms with E-state index in [9.17, 15) is 18.0 Å². The summed E-state index contributed by atoms with van der Waals surface area (Å²) in [5, 5.41) is 2.37. The minimum Gasteiger partial charge on any atom is -0.468 e. The average Bonchev–Trinajstić information content (AvgIpc) is 2.34. The van der Waals surface area contributed by atoms with Crippen LogP contribution in [0.4, 0.5) is 5.69 Å². The van der Waals surface area contributed by atoms with E-state index in [1.807, 2.05) is 0 Å². The molecule has 1 amide bonds. The molecule has 8 heteroatoms. The maximum atomic E-state index is 11.6. The Kier molecular flexibility index (Phi) is 4.87. The van der Waals surface area contributed by atoms with Crippen LogP contribution in [0.25, 0.3) is 0 Å². The predicted molar refractivity (Wildman–Crippen MR) is 69.3 cm³/mol. The Hall–Kier alpha value is -2.09. The van der Waals surface area contributed by atoms with E-state index in [0.29, 0.717) is 11.3 Å². The zero-order valence-electron chi connectivity index (χ0n) is 10.5. The van der Waals surface area contributed by atoms with Crippen molar-refractivity contribution in [1.82, 2.24) is 5.32 Å². The molecule has 0 aliphatic heterocycles. The predicted octanol–water partition coefficient (Wildman–Crippen LogP) is -0.0391. The highest BCUT2D eigenvalue weighted by molar-refractivity contribution is 7.92. The first kappa shape index (κ1) is 15.0. The Balaban J connectivity index is 2.66. The molecule has 0 radical (unpaired) electrons. The van der Waals surface area contributed by atoms with Gasteiger partial charge in [-0.05, 0) is 24.3 Å². The normalized spacial score (nSPS) is 10.6. The maximum Gasteiger partial charge on any atom is 0.325 e. The van der Waals surface area contributed by atoms with Crippen LogP contribution >= 0.6 is 0 Å². The van der Waals surface area contributed by atoms with Gasteiger partial charge in [0.25, 0.3) is 5.91 Å². The van der Waals surface area contributed by atoms with Gasteiger partial charge in [-0.15, -0.1) is 0 Å². The van der Waals surface area contributed by atoms with Crippen molar-refractivity contribution in [2.24, 2.45) is 0 Å². The van der Waals surface area contributed by atoms with Crippen molar-refractivity contribution in [1.29, 1.82) is 0 Å². The van der Waals surface area contributed by atoms with Gasteiger partial charge in [-0.1, -0.05) is 0 Å². The lowest BCUT2D eigenvalue weighted by Crippen LogP contribution is -2.30. The zero-order chi connectivity index (χ0) is 14.5. The summed E-state index contributed by atoms with van der Waals surface area (Å²) in [6, 6.07) is 5.79. The molecule has 1 rings (SSSR count). The first-order valence-electron chi connectivity index (χ1n) is 5.24. The van der Waals surface area contributed by atoms with Crippen LogP contribution in [-0.4, -0.2) is 40.2 Å². The second-order valence-corrected chi connectivity index (χ2v) is 5.46. The number of benzene rings is 1. The Bertz CT molecular complexity index is 565. The molecule has 0 saturated carbocycles. The van der Waals surface area contributed by atoms with Crippen LogP contribution in [0.5, 0.6) is 0 Å². The largest absolute Gasteiger partial charge is 0.468 e. The number of amides is 1. The SMILES string of the molecule is COC(=O)CNC(=O)c1ccc(NS(C)(=O)=O)cc1. The van der Waals surface area contributed by atoms with Crippen molar-refractivity contribution in [2.75, 3.05) is 24.6 Å². The molecule has 2 N–H and O–H groups in total. The number of sulfonamides is 1. The topological polar surface area (TPSA) is 102 Å². The van der Waals surface area contributed by atoms with Gasteiger partial charge in [-0.25, -0.2) is 8.42 Å². The highest BCUT2D eigenvalue weighted by Crippen LogP contribution is 2.10. The molecule has 0 atom stereocenters. The van der Waals surface area contributed by atoms with Gasteiger partial charge < -0.3 is 10.1 Å². The summed E-state index contributed by atoms with van der Waals surface area (Å²) in [6.07, 6.45) is 1.03. The minimum atomic E-state index is -3.35. The van der Waals surface area contributed by atoms with Crippen molar-refractivity contribution in [2.45, 2.75) is 0 Å². The Morgan fingerprint density at radius 2 is 1.79 bits per heavy atom. The van der Waals surface area contributed by atoms with E-state index in [2.05, 4.69) is 14.8 Å². The minimum absolute atomic E-state index is 0.224. The number of hydrogen-bond acceptors (Lipinski definition) is 5. The first-order chi connectivity index (χ1) is 8.81. The van der Waals surface area contributed by atoms with E-state index in [-0.39, 0.29) is 6.54 Å². The molecule has 19 heavy (non-hydrogen) atoms. The van der Waals surface area contributed by atoms with Crippen LogP contribution in [0, 0.1) is 0 Å². The third-order valence-electron chi connectivity index (χ3n) is 2.07. The molecule has 1 aromatic carbocycles. The lowest BCUT2D eigenvalue weighted by molar-refractivity contribution is -0.139. The van der Waals surface area contributed by atoms with Crippen LogP contribution in [0.3, 0.4) is 0 Å². The third-order valence-corrected chi connectivity index (χ3v) is 2.68. The number of anilines is 1. The summed E-state index contributed by atoms with van der Waals surface area (Å²) in [5.74, 6) is -1.000. The number of carbonyl (C=O) groups excluding carboxylic acids is 2. The van der Waals surface area contributed by atoms with E-state index >= 15 is 0 Å². The number of hydrogen-bond donors (Lipinski definition) is 2. The third kappa shape index (κ3) is 5.38. The quantitative estimate of drug-likeness (QED) is 0.740. The molecule has 0 saturated heterocycles. The lowest BCUT2D eigenvalue weighted by atomic mass is 10.2. The van der Waals surface area contributed by atoms with E-state index in [1.165, 1.54) is 31.4 Å². The van der Waals surface area contributed by atoms with Crippen molar-refractivity contribution in [3.05, 3.63) is 29.8 Å². The fourth-order valence-corrected chi connectivity index (χ4v) is 1.79. The van der Waals surface area contributed by atoms with Crippen LogP contribution in [0.2, 0.25) is 0 Å². The lowest BCUT2D eigenvalue weighted by Gasteiger charge is -2.06. The van der Waals surface area contributed by atoms with Crippen molar-refractivity contribution >= 4 is 27.6 Å². The number of ether oxygens (including phenoxy) is 1. The van der Waals surface area contributed by atoms with Crippen LogP contribution < -0.4 is 10.0 Å². The van der Waals surface area contributed by atoms with E-state index in [4.69, 9.17) is 0 Å². The van der Waals surface area contributed by atoms with Gasteiger partial charge in [0.1, 0.15) is 6.54 Å². The first-order valence-corrected chi connectivity index (χ1v) is 7.14. The summed E-state index contributed by atoms with van der Waals surface area (Å²) in [7, 11) is -2.12. The molecule has 0 aliphatic carbocycles. The number of carbonyl (C=O) groups is 2. The Morgan fingerprint density at radius 1 is 1.21 bits per heavy atom. The fourth-order valence-electron chi connectivity index (χ4n) is 1.23. The van der Waals surface area contributed by atoms with Gasteiger partial charge in [0.05, 0.1) is 13.4 Å². The average molecular weight is 286 g/mol. The van der Waals surface area contributed by atoms with E-state index < -0.39 is 21.9 Å². The molecule has 0 aliphatic rings. The van der Waals surface area contributed by atoms with E-state index in [1.54, 1.807) is 0 Å². The molecule has 0 bridgehead atoms. The van der Waals surface area contributed by atoms with Gasteiger partial charge in [0.15, 0.2) is 0 Å². The number of rotatable bonds is 5. The summed E-state index contributed by atoms with van der Waals surface area (Å²) < 4.78 is 28.6. The van der Waals surface area contributed by atoms with Crippen molar-refractivity contribution in [3.8, 4) is 0 Å². The van der Waals surface area contributed by atoms with Crippen molar-refractivity contribution in [3.63, 3.8) is 0 Å². The molecule has 0 fully saturated rings. The van der Waals surface area contributed by atoms with Gasteiger partial charge in [-0.2, -0.15) is 0 Å². The molecule has 0 aromatic heterocycles. The standard InChI is InChI=1S/C11H14N2O5S/c1-18-10(14)7-12-11(15)8-3-5-9(6-4-8)13-19(2,16)17/h3-6,13H,7H2,1-2H3,(H,12,15). The fraction of sp³-hybridized carbons (Fsp3) is 0.273. The van der Waals surface area contributed by atoms with E-state index in [0.717, 1.165) is 6.26 Å². The molecule has 0 spiro atoms. The van der Waals surface area contributed by atoms with Crippen LogP contribution in [-0.2, 0) is 19.6 Å². The highest BCUT2D eigenvalue weighted by atomic mass is 32.2. The number of nitrogens with one attached hydrogen (secondary N) is 2. The van der Waals surface area contributed by atoms with Gasteiger partial charge >= 0.3 is 5.97 Å². The molecule has 104 valence electrons. The molecule has 7 nitrogen and oxygen atoms in total. The molecular weight excluding hydrogens is 272 g/mol. The summed E-state index contributed by atoms with van der Waals surface area (Å²) in [6.45, 7) is -0.224. The molecule has 0 heterocycles. The smallest absolute Gasteiger partial charge is 0.325 e. The monoisotopic (exact) mass is 286 g/mol. The van der Waals surface area contributed by atoms with Gasteiger partial charge in [0.2, 0.25) is 10.0 Å². The second kappa shape index (κ2) is 6.19. The maximum absolute atomic E-state index is 11.6. The molecule has 1 aromatic rings. The van der Waals surface area contributed by atoms with Gasteiger partial charge in [-0.3, -0.25) is 14.3 Å². The number of methoxy groups -OCH3 is 1. The zero-order valence-corrected chi connectivity index (χ0v) is 11.3. The molecular formula is C11H14N2O5S. The highest BCUT2D eigenvalue weighted by Gasteiger charge is 2.08.